The monoisotopic (exact) mass is 397 g/mol. The van der Waals surface area contributed by atoms with Gasteiger partial charge in [0.15, 0.2) is 11.5 Å². The van der Waals surface area contributed by atoms with E-state index < -0.39 is 0 Å². The van der Waals surface area contributed by atoms with Crippen molar-refractivity contribution < 1.29 is 19.2 Å². The van der Waals surface area contributed by atoms with Crippen LogP contribution in [0.5, 0.6) is 11.5 Å². The van der Waals surface area contributed by atoms with Gasteiger partial charge in [-0.1, -0.05) is 36.8 Å². The summed E-state index contributed by atoms with van der Waals surface area (Å²) in [5, 5.41) is 3.20. The molecule has 29 heavy (non-hydrogen) atoms. The summed E-state index contributed by atoms with van der Waals surface area (Å²) < 4.78 is 11.1. The van der Waals surface area contributed by atoms with Gasteiger partial charge in [0.1, 0.15) is 12.6 Å². The van der Waals surface area contributed by atoms with Crippen molar-refractivity contribution in [3.05, 3.63) is 58.7 Å². The van der Waals surface area contributed by atoms with E-state index in [4.69, 9.17) is 9.47 Å². The van der Waals surface area contributed by atoms with Crippen LogP contribution in [0, 0.1) is 6.92 Å². The molecule has 2 N–H and O–H groups in total. The molecule has 0 radical (unpaired) electrons. The SMILES string of the molecule is CCC(=O)N[C@@H](C)[C@H]1c2cc(OC)c(OC)cc2CC[NH+]1Cc1cccc(C)c1. The Labute approximate surface area is 174 Å². The fourth-order valence-electron chi connectivity index (χ4n) is 4.46. The van der Waals surface area contributed by atoms with Gasteiger partial charge in [0.2, 0.25) is 5.91 Å². The van der Waals surface area contributed by atoms with Crippen LogP contribution in [0.15, 0.2) is 36.4 Å². The standard InChI is InChI=1S/C24H32N2O3/c1-6-23(27)25-17(3)24-20-14-22(29-5)21(28-4)13-19(20)10-11-26(24)15-18-9-7-8-16(2)12-18/h7-9,12-14,17,24H,6,10-11,15H2,1-5H3,(H,25,27)/p+1/t17-,24-/m0/s1. The number of amides is 1. The van der Waals surface area contributed by atoms with E-state index in [-0.39, 0.29) is 18.0 Å². The Morgan fingerprint density at radius 1 is 1.21 bits per heavy atom. The van der Waals surface area contributed by atoms with Gasteiger partial charge in [0, 0.05) is 24.0 Å². The van der Waals surface area contributed by atoms with Crippen LogP contribution < -0.4 is 19.7 Å². The zero-order valence-electron chi connectivity index (χ0n) is 18.2. The molecule has 156 valence electrons. The van der Waals surface area contributed by atoms with Crippen LogP contribution in [0.25, 0.3) is 0 Å². The van der Waals surface area contributed by atoms with Crippen molar-refractivity contribution in [3.63, 3.8) is 0 Å². The maximum atomic E-state index is 12.1. The molecule has 0 saturated carbocycles. The van der Waals surface area contributed by atoms with E-state index in [9.17, 15) is 4.79 Å². The Balaban J connectivity index is 1.99. The van der Waals surface area contributed by atoms with Crippen molar-refractivity contribution in [2.45, 2.75) is 52.2 Å². The molecule has 2 aromatic rings. The van der Waals surface area contributed by atoms with Crippen molar-refractivity contribution in [2.75, 3.05) is 20.8 Å². The van der Waals surface area contributed by atoms with E-state index in [2.05, 4.69) is 55.6 Å². The number of carbonyl (C=O) groups excluding carboxylic acids is 1. The summed E-state index contributed by atoms with van der Waals surface area (Å²) in [6, 6.07) is 13.0. The molecule has 2 aromatic carbocycles. The van der Waals surface area contributed by atoms with Gasteiger partial charge < -0.3 is 19.7 Å². The zero-order valence-corrected chi connectivity index (χ0v) is 18.2. The fraction of sp³-hybridized carbons (Fsp3) is 0.458. The highest BCUT2D eigenvalue weighted by Gasteiger charge is 2.37. The van der Waals surface area contributed by atoms with Gasteiger partial charge in [-0.25, -0.2) is 0 Å². The van der Waals surface area contributed by atoms with Crippen molar-refractivity contribution in [2.24, 2.45) is 0 Å². The van der Waals surface area contributed by atoms with E-state index in [1.165, 1.54) is 27.2 Å². The maximum absolute atomic E-state index is 12.1. The fourth-order valence-corrected chi connectivity index (χ4v) is 4.46. The van der Waals surface area contributed by atoms with Crippen molar-refractivity contribution in [1.29, 1.82) is 0 Å². The molecule has 1 heterocycles. The average Bonchev–Trinajstić information content (AvgIpc) is 2.72. The molecular weight excluding hydrogens is 364 g/mol. The van der Waals surface area contributed by atoms with Gasteiger partial charge in [-0.15, -0.1) is 0 Å². The summed E-state index contributed by atoms with van der Waals surface area (Å²) in [6.45, 7) is 8.06. The number of aryl methyl sites for hydroxylation is 1. The quantitative estimate of drug-likeness (QED) is 0.755. The average molecular weight is 398 g/mol. The van der Waals surface area contributed by atoms with E-state index in [0.29, 0.717) is 6.42 Å². The van der Waals surface area contributed by atoms with Crippen LogP contribution >= 0.6 is 0 Å². The second kappa shape index (κ2) is 9.31. The number of carbonyl (C=O) groups is 1. The highest BCUT2D eigenvalue weighted by Crippen LogP contribution is 2.35. The molecular formula is C24H33N2O3+. The molecule has 3 rings (SSSR count). The molecule has 3 atom stereocenters. The summed E-state index contributed by atoms with van der Waals surface area (Å²) in [7, 11) is 3.34. The first kappa shape index (κ1) is 21.2. The van der Waals surface area contributed by atoms with Gasteiger partial charge in [0.25, 0.3) is 0 Å². The first-order chi connectivity index (χ1) is 14.0. The summed E-state index contributed by atoms with van der Waals surface area (Å²) in [4.78, 5) is 13.6. The Hall–Kier alpha value is -2.53. The largest absolute Gasteiger partial charge is 0.493 e. The first-order valence-corrected chi connectivity index (χ1v) is 10.4. The lowest BCUT2D eigenvalue weighted by atomic mass is 9.87. The van der Waals surface area contributed by atoms with Crippen LogP contribution in [0.1, 0.15) is 48.6 Å². The number of ether oxygens (including phenoxy) is 2. The molecule has 1 aliphatic rings. The number of hydrogen-bond acceptors (Lipinski definition) is 3. The molecule has 5 heteroatoms. The molecule has 0 aliphatic carbocycles. The van der Waals surface area contributed by atoms with Crippen molar-refractivity contribution in [1.82, 2.24) is 5.32 Å². The topological polar surface area (TPSA) is 52.0 Å². The first-order valence-electron chi connectivity index (χ1n) is 10.4. The molecule has 1 amide bonds. The molecule has 0 spiro atoms. The van der Waals surface area contributed by atoms with Crippen molar-refractivity contribution in [3.8, 4) is 11.5 Å². The van der Waals surface area contributed by atoms with Crippen molar-refractivity contribution >= 4 is 5.91 Å². The highest BCUT2D eigenvalue weighted by molar-refractivity contribution is 5.75. The van der Waals surface area contributed by atoms with E-state index in [0.717, 1.165) is 31.0 Å². The lowest BCUT2D eigenvalue weighted by Gasteiger charge is -2.38. The van der Waals surface area contributed by atoms with Crippen LogP contribution in [-0.4, -0.2) is 32.7 Å². The molecule has 0 saturated heterocycles. The second-order valence-corrected chi connectivity index (χ2v) is 7.92. The number of methoxy groups -OCH3 is 2. The second-order valence-electron chi connectivity index (χ2n) is 7.92. The van der Waals surface area contributed by atoms with Crippen LogP contribution in [0.2, 0.25) is 0 Å². The third-order valence-corrected chi connectivity index (χ3v) is 5.86. The van der Waals surface area contributed by atoms with Crippen LogP contribution in [0.4, 0.5) is 0 Å². The summed E-state index contributed by atoms with van der Waals surface area (Å²) in [5.41, 5.74) is 5.11. The van der Waals surface area contributed by atoms with E-state index in [1.54, 1.807) is 14.2 Å². The Kier molecular flexibility index (Phi) is 6.80. The minimum Gasteiger partial charge on any atom is -0.493 e. The predicted octanol–water partition coefficient (Wildman–Crippen LogP) is 2.61. The molecule has 0 aromatic heterocycles. The predicted molar refractivity (Wildman–Crippen MR) is 115 cm³/mol. The molecule has 1 aliphatic heterocycles. The molecule has 5 nitrogen and oxygen atoms in total. The molecule has 0 fully saturated rings. The maximum Gasteiger partial charge on any atom is 0.220 e. The van der Waals surface area contributed by atoms with Crippen LogP contribution in [0.3, 0.4) is 0 Å². The third-order valence-electron chi connectivity index (χ3n) is 5.86. The number of hydrogen-bond donors (Lipinski definition) is 2. The molecule has 0 bridgehead atoms. The van der Waals surface area contributed by atoms with Gasteiger partial charge in [-0.2, -0.15) is 0 Å². The Morgan fingerprint density at radius 2 is 1.93 bits per heavy atom. The van der Waals surface area contributed by atoms with E-state index in [1.807, 2.05) is 6.92 Å². The third kappa shape index (κ3) is 4.73. The van der Waals surface area contributed by atoms with Crippen LogP contribution in [-0.2, 0) is 17.8 Å². The summed E-state index contributed by atoms with van der Waals surface area (Å²) in [5.74, 6) is 1.58. The van der Waals surface area contributed by atoms with Gasteiger partial charge in [0.05, 0.1) is 26.8 Å². The minimum atomic E-state index is 0.0133. The number of benzene rings is 2. The highest BCUT2D eigenvalue weighted by atomic mass is 16.5. The minimum absolute atomic E-state index is 0.0133. The number of quaternary nitrogens is 1. The normalized spacial score (nSPS) is 19.2. The number of rotatable bonds is 7. The Bertz CT molecular complexity index is 865. The van der Waals surface area contributed by atoms with Gasteiger partial charge in [-0.3, -0.25) is 4.79 Å². The smallest absolute Gasteiger partial charge is 0.220 e. The number of nitrogens with one attached hydrogen (secondary N) is 2. The zero-order chi connectivity index (χ0) is 21.0. The lowest BCUT2D eigenvalue weighted by molar-refractivity contribution is -0.948. The lowest BCUT2D eigenvalue weighted by Crippen LogP contribution is -3.13. The summed E-state index contributed by atoms with van der Waals surface area (Å²) in [6.07, 6.45) is 1.46. The Morgan fingerprint density at radius 3 is 2.59 bits per heavy atom. The van der Waals surface area contributed by atoms with Gasteiger partial charge in [-0.05, 0) is 31.5 Å². The number of fused-ring (bicyclic) bond motifs is 1. The summed E-state index contributed by atoms with van der Waals surface area (Å²) >= 11 is 0. The molecule has 1 unspecified atom stereocenters. The van der Waals surface area contributed by atoms with E-state index >= 15 is 0 Å². The van der Waals surface area contributed by atoms with Gasteiger partial charge >= 0.3 is 0 Å².